The number of anilines is 1. The molecule has 3 rings (SSSR count). The number of nitrogens with zero attached hydrogens (tertiary/aromatic N) is 1. The molecule has 1 heterocycles. The van der Waals surface area contributed by atoms with Crippen molar-refractivity contribution >= 4 is 35.0 Å². The van der Waals surface area contributed by atoms with E-state index < -0.39 is 5.97 Å². The zero-order valence-electron chi connectivity index (χ0n) is 18.4. The Morgan fingerprint density at radius 2 is 1.70 bits per heavy atom. The lowest BCUT2D eigenvalue weighted by Gasteiger charge is -2.38. The highest BCUT2D eigenvalue weighted by Crippen LogP contribution is 2.38. The number of carbonyl (C=O) groups excluding carboxylic acids is 1. The maximum atomic E-state index is 13.6. The molecule has 0 aliphatic heterocycles. The smallest absolute Gasteiger partial charge is 0.348 e. The number of aromatic carboxylic acids is 1. The van der Waals surface area contributed by atoms with Crippen LogP contribution in [0.5, 0.6) is 0 Å². The van der Waals surface area contributed by atoms with Gasteiger partial charge in [0, 0.05) is 16.8 Å². The SMILES string of the molecule is CC(C)(C)/C=C/c1cc(N(C(=O)C2CCCCC2)[C@H]2CC[C@@H](O)CC2)c(C(=O)O)s1. The molecule has 2 aliphatic carbocycles. The van der Waals surface area contributed by atoms with Gasteiger partial charge in [-0.2, -0.15) is 0 Å². The van der Waals surface area contributed by atoms with E-state index >= 15 is 0 Å². The van der Waals surface area contributed by atoms with Crippen molar-refractivity contribution in [1.82, 2.24) is 0 Å². The van der Waals surface area contributed by atoms with Gasteiger partial charge in [0.15, 0.2) is 0 Å². The average molecular weight is 434 g/mol. The Balaban J connectivity index is 1.99. The Hall–Kier alpha value is -1.66. The van der Waals surface area contributed by atoms with E-state index in [9.17, 15) is 19.8 Å². The van der Waals surface area contributed by atoms with Crippen LogP contribution in [0, 0.1) is 11.3 Å². The minimum Gasteiger partial charge on any atom is -0.477 e. The molecule has 5 nitrogen and oxygen atoms in total. The van der Waals surface area contributed by atoms with Gasteiger partial charge >= 0.3 is 5.97 Å². The van der Waals surface area contributed by atoms with Gasteiger partial charge in [0.05, 0.1) is 11.8 Å². The summed E-state index contributed by atoms with van der Waals surface area (Å²) >= 11 is 1.24. The third kappa shape index (κ3) is 5.73. The number of aliphatic hydroxyl groups excluding tert-OH is 1. The van der Waals surface area contributed by atoms with Crippen LogP contribution in [0.25, 0.3) is 6.08 Å². The summed E-state index contributed by atoms with van der Waals surface area (Å²) in [7, 11) is 0. The number of hydrogen-bond acceptors (Lipinski definition) is 4. The second-order valence-corrected chi connectivity index (χ2v) is 11.0. The first-order valence-corrected chi connectivity index (χ1v) is 12.0. The predicted octanol–water partition coefficient (Wildman–Crippen LogP) is 5.72. The second-order valence-electron chi connectivity index (χ2n) is 9.87. The molecule has 6 heteroatoms. The number of aliphatic hydroxyl groups is 1. The lowest BCUT2D eigenvalue weighted by atomic mass is 9.86. The highest BCUT2D eigenvalue weighted by atomic mass is 32.1. The minimum atomic E-state index is -0.984. The number of carboxylic acid groups (broad SMARTS) is 1. The molecule has 0 spiro atoms. The molecular formula is C24H35NO4S. The van der Waals surface area contributed by atoms with Gasteiger partial charge in [0.1, 0.15) is 4.88 Å². The van der Waals surface area contributed by atoms with Crippen molar-refractivity contribution in [2.45, 2.75) is 90.7 Å². The van der Waals surface area contributed by atoms with Crippen LogP contribution in [-0.4, -0.2) is 34.2 Å². The van der Waals surface area contributed by atoms with Crippen molar-refractivity contribution in [3.63, 3.8) is 0 Å². The average Bonchev–Trinajstić information content (AvgIpc) is 3.12. The molecule has 1 aromatic heterocycles. The summed E-state index contributed by atoms with van der Waals surface area (Å²) in [5.41, 5.74) is 0.531. The molecular weight excluding hydrogens is 398 g/mol. The Morgan fingerprint density at radius 3 is 2.27 bits per heavy atom. The molecule has 30 heavy (non-hydrogen) atoms. The van der Waals surface area contributed by atoms with Gasteiger partial charge in [-0.25, -0.2) is 4.79 Å². The van der Waals surface area contributed by atoms with Gasteiger partial charge in [-0.15, -0.1) is 11.3 Å². The molecule has 0 unspecified atom stereocenters. The monoisotopic (exact) mass is 433 g/mol. The number of thiophene rings is 1. The molecule has 1 amide bonds. The standard InChI is InChI=1S/C24H35NO4S/c1-24(2,3)14-13-19-15-20(21(30-19)23(28)29)25(17-9-11-18(26)12-10-17)22(27)16-7-5-4-6-8-16/h13-18,26H,4-12H2,1-3H3,(H,28,29)/b14-13+/t17-,18+. The molecule has 166 valence electrons. The first-order valence-electron chi connectivity index (χ1n) is 11.2. The third-order valence-corrected chi connectivity index (χ3v) is 7.23. The van der Waals surface area contributed by atoms with Gasteiger partial charge in [0.25, 0.3) is 0 Å². The van der Waals surface area contributed by atoms with Gasteiger partial charge in [-0.05, 0) is 56.1 Å². The highest BCUT2D eigenvalue weighted by molar-refractivity contribution is 7.15. The zero-order valence-corrected chi connectivity index (χ0v) is 19.2. The largest absolute Gasteiger partial charge is 0.477 e. The van der Waals surface area contributed by atoms with E-state index in [1.807, 2.05) is 12.1 Å². The van der Waals surface area contributed by atoms with Crippen LogP contribution in [-0.2, 0) is 4.79 Å². The second kappa shape index (κ2) is 9.65. The number of rotatable bonds is 5. The van der Waals surface area contributed by atoms with Crippen LogP contribution in [0.2, 0.25) is 0 Å². The fourth-order valence-electron chi connectivity index (χ4n) is 4.50. The summed E-state index contributed by atoms with van der Waals surface area (Å²) in [6, 6.07) is 1.83. The van der Waals surface area contributed by atoms with Crippen molar-refractivity contribution in [2.24, 2.45) is 11.3 Å². The number of amides is 1. The van der Waals surface area contributed by atoms with E-state index in [4.69, 9.17) is 0 Å². The predicted molar refractivity (Wildman–Crippen MR) is 122 cm³/mol. The van der Waals surface area contributed by atoms with E-state index in [-0.39, 0.29) is 34.3 Å². The van der Waals surface area contributed by atoms with Crippen molar-refractivity contribution in [3.8, 4) is 0 Å². The molecule has 2 aliphatic rings. The summed E-state index contributed by atoms with van der Waals surface area (Å²) in [5.74, 6) is -0.939. The zero-order chi connectivity index (χ0) is 21.9. The first kappa shape index (κ1) is 23.0. The lowest BCUT2D eigenvalue weighted by Crippen LogP contribution is -2.46. The van der Waals surface area contributed by atoms with Crippen molar-refractivity contribution in [2.75, 3.05) is 4.90 Å². The lowest BCUT2D eigenvalue weighted by molar-refractivity contribution is -0.124. The van der Waals surface area contributed by atoms with Gasteiger partial charge < -0.3 is 15.1 Å². The summed E-state index contributed by atoms with van der Waals surface area (Å²) in [6.07, 6.45) is 11.5. The Morgan fingerprint density at radius 1 is 1.07 bits per heavy atom. The molecule has 1 aromatic rings. The van der Waals surface area contributed by atoms with Crippen LogP contribution in [0.3, 0.4) is 0 Å². The van der Waals surface area contributed by atoms with Crippen LogP contribution >= 0.6 is 11.3 Å². The van der Waals surface area contributed by atoms with E-state index in [0.29, 0.717) is 31.4 Å². The maximum Gasteiger partial charge on any atom is 0.348 e. The fourth-order valence-corrected chi connectivity index (χ4v) is 5.40. The number of carbonyl (C=O) groups is 2. The molecule has 0 atom stereocenters. The molecule has 2 saturated carbocycles. The summed E-state index contributed by atoms with van der Waals surface area (Å²) in [4.78, 5) is 28.6. The van der Waals surface area contributed by atoms with E-state index in [2.05, 4.69) is 26.8 Å². The maximum absolute atomic E-state index is 13.6. The first-order chi connectivity index (χ1) is 14.2. The Bertz CT molecular complexity index is 778. The quantitative estimate of drug-likeness (QED) is 0.622. The molecule has 0 aromatic carbocycles. The summed E-state index contributed by atoms with van der Waals surface area (Å²) in [5, 5.41) is 19.9. The van der Waals surface area contributed by atoms with Crippen LogP contribution < -0.4 is 4.90 Å². The molecule has 0 saturated heterocycles. The number of allylic oxidation sites excluding steroid dienone is 1. The Kier molecular flexibility index (Phi) is 7.40. The molecule has 0 radical (unpaired) electrons. The van der Waals surface area contributed by atoms with Crippen molar-refractivity contribution < 1.29 is 19.8 Å². The highest BCUT2D eigenvalue weighted by Gasteiger charge is 2.36. The summed E-state index contributed by atoms with van der Waals surface area (Å²) < 4.78 is 0. The van der Waals surface area contributed by atoms with Crippen molar-refractivity contribution in [3.05, 3.63) is 21.9 Å². The molecule has 2 N–H and O–H groups in total. The number of hydrogen-bond donors (Lipinski definition) is 2. The molecule has 0 bridgehead atoms. The molecule has 2 fully saturated rings. The van der Waals surface area contributed by atoms with Gasteiger partial charge in [-0.1, -0.05) is 46.1 Å². The third-order valence-electron chi connectivity index (χ3n) is 6.16. The van der Waals surface area contributed by atoms with Crippen LogP contribution in [0.15, 0.2) is 12.1 Å². The van der Waals surface area contributed by atoms with Crippen LogP contribution in [0.1, 0.15) is 93.1 Å². The van der Waals surface area contributed by atoms with Crippen molar-refractivity contribution in [1.29, 1.82) is 0 Å². The fraction of sp³-hybridized carbons (Fsp3) is 0.667. The van der Waals surface area contributed by atoms with Gasteiger partial charge in [0.2, 0.25) is 5.91 Å². The summed E-state index contributed by atoms with van der Waals surface area (Å²) in [6.45, 7) is 6.30. The Labute approximate surface area is 183 Å². The van der Waals surface area contributed by atoms with Gasteiger partial charge in [-0.3, -0.25) is 4.79 Å². The minimum absolute atomic E-state index is 0.00927. The number of carboxylic acids is 1. The normalized spacial score (nSPS) is 23.6. The van der Waals surface area contributed by atoms with E-state index in [1.54, 1.807) is 4.90 Å². The van der Waals surface area contributed by atoms with Crippen LogP contribution in [0.4, 0.5) is 5.69 Å². The topological polar surface area (TPSA) is 77.8 Å². The van der Waals surface area contributed by atoms with E-state index in [1.165, 1.54) is 17.8 Å². The van der Waals surface area contributed by atoms with E-state index in [0.717, 1.165) is 30.6 Å².